The Morgan fingerprint density at radius 3 is 2.87 bits per heavy atom. The standard InChI is InChI=1S/C16H14N6O/c23-16(21-7-6-14-12(10-21)8-17-11-18-14)15-9-19-22(20-15)13-4-2-1-3-5-13/h1-5,8-9,11H,6-7,10H2. The van der Waals surface area contributed by atoms with E-state index in [2.05, 4.69) is 20.2 Å². The van der Waals surface area contributed by atoms with E-state index in [0.717, 1.165) is 23.4 Å². The van der Waals surface area contributed by atoms with E-state index in [9.17, 15) is 4.79 Å². The molecule has 7 nitrogen and oxygen atoms in total. The van der Waals surface area contributed by atoms with Crippen LogP contribution in [0, 0.1) is 0 Å². The molecule has 1 aliphatic heterocycles. The highest BCUT2D eigenvalue weighted by Crippen LogP contribution is 2.17. The van der Waals surface area contributed by atoms with Crippen LogP contribution in [0.15, 0.2) is 49.1 Å². The van der Waals surface area contributed by atoms with Gasteiger partial charge in [-0.25, -0.2) is 9.97 Å². The van der Waals surface area contributed by atoms with Gasteiger partial charge in [-0.3, -0.25) is 4.79 Å². The summed E-state index contributed by atoms with van der Waals surface area (Å²) in [5.74, 6) is -0.123. The van der Waals surface area contributed by atoms with Gasteiger partial charge in [-0.1, -0.05) is 18.2 Å². The molecular formula is C16H14N6O. The van der Waals surface area contributed by atoms with Crippen LogP contribution in [-0.4, -0.2) is 42.3 Å². The van der Waals surface area contributed by atoms with Crippen molar-refractivity contribution in [2.24, 2.45) is 0 Å². The minimum Gasteiger partial charge on any atom is -0.332 e. The van der Waals surface area contributed by atoms with Gasteiger partial charge in [-0.15, -0.1) is 5.10 Å². The van der Waals surface area contributed by atoms with E-state index in [0.29, 0.717) is 18.8 Å². The number of benzene rings is 1. The average Bonchev–Trinajstić information content (AvgIpc) is 3.11. The van der Waals surface area contributed by atoms with Crippen molar-refractivity contribution in [3.8, 4) is 5.69 Å². The highest BCUT2D eigenvalue weighted by Gasteiger charge is 2.24. The molecule has 4 rings (SSSR count). The van der Waals surface area contributed by atoms with Crippen LogP contribution in [0.2, 0.25) is 0 Å². The molecular weight excluding hydrogens is 292 g/mol. The lowest BCUT2D eigenvalue weighted by molar-refractivity contribution is 0.0727. The van der Waals surface area contributed by atoms with E-state index in [4.69, 9.17) is 0 Å². The van der Waals surface area contributed by atoms with E-state index < -0.39 is 0 Å². The van der Waals surface area contributed by atoms with E-state index >= 15 is 0 Å². The SMILES string of the molecule is O=C(c1cnn(-c2ccccc2)n1)N1CCc2ncncc2C1. The lowest BCUT2D eigenvalue weighted by atomic mass is 10.1. The van der Waals surface area contributed by atoms with Crippen molar-refractivity contribution in [1.82, 2.24) is 29.9 Å². The summed E-state index contributed by atoms with van der Waals surface area (Å²) in [6.07, 6.45) is 5.55. The van der Waals surface area contributed by atoms with Crippen LogP contribution in [-0.2, 0) is 13.0 Å². The third-order valence-electron chi connectivity index (χ3n) is 3.85. The second kappa shape index (κ2) is 5.60. The zero-order valence-corrected chi connectivity index (χ0v) is 12.3. The van der Waals surface area contributed by atoms with Crippen LogP contribution >= 0.6 is 0 Å². The summed E-state index contributed by atoms with van der Waals surface area (Å²) in [7, 11) is 0. The van der Waals surface area contributed by atoms with E-state index in [1.807, 2.05) is 30.3 Å². The van der Waals surface area contributed by atoms with E-state index in [-0.39, 0.29) is 5.91 Å². The average molecular weight is 306 g/mol. The van der Waals surface area contributed by atoms with Crippen LogP contribution in [0.25, 0.3) is 5.69 Å². The Kier molecular flexibility index (Phi) is 3.30. The summed E-state index contributed by atoms with van der Waals surface area (Å²) in [5, 5.41) is 8.47. The van der Waals surface area contributed by atoms with Crippen LogP contribution < -0.4 is 0 Å². The van der Waals surface area contributed by atoms with Gasteiger partial charge in [0.25, 0.3) is 5.91 Å². The van der Waals surface area contributed by atoms with E-state index in [1.54, 1.807) is 17.4 Å². The maximum atomic E-state index is 12.6. The fourth-order valence-electron chi connectivity index (χ4n) is 2.65. The Balaban J connectivity index is 1.55. The van der Waals surface area contributed by atoms with Crippen molar-refractivity contribution in [2.75, 3.05) is 6.54 Å². The smallest absolute Gasteiger partial charge is 0.276 e. The molecule has 0 radical (unpaired) electrons. The molecule has 3 heterocycles. The molecule has 2 aromatic heterocycles. The van der Waals surface area contributed by atoms with E-state index in [1.165, 1.54) is 11.0 Å². The second-order valence-corrected chi connectivity index (χ2v) is 5.33. The minimum absolute atomic E-state index is 0.123. The van der Waals surface area contributed by atoms with Crippen molar-refractivity contribution >= 4 is 5.91 Å². The van der Waals surface area contributed by atoms with Crippen molar-refractivity contribution < 1.29 is 4.79 Å². The maximum absolute atomic E-state index is 12.6. The molecule has 23 heavy (non-hydrogen) atoms. The molecule has 1 aromatic carbocycles. The molecule has 0 aliphatic carbocycles. The molecule has 0 N–H and O–H groups in total. The molecule has 0 fully saturated rings. The number of aromatic nitrogens is 5. The molecule has 0 unspecified atom stereocenters. The summed E-state index contributed by atoms with van der Waals surface area (Å²) in [5.41, 5.74) is 3.16. The number of hydrogen-bond donors (Lipinski definition) is 0. The molecule has 3 aromatic rings. The first-order chi connectivity index (χ1) is 11.3. The minimum atomic E-state index is -0.123. The highest BCUT2D eigenvalue weighted by molar-refractivity contribution is 5.92. The van der Waals surface area contributed by atoms with Gasteiger partial charge in [-0.2, -0.15) is 9.90 Å². The predicted molar refractivity (Wildman–Crippen MR) is 81.8 cm³/mol. The zero-order chi connectivity index (χ0) is 15.6. The normalized spacial score (nSPS) is 13.7. The van der Waals surface area contributed by atoms with Crippen molar-refractivity contribution in [1.29, 1.82) is 0 Å². The quantitative estimate of drug-likeness (QED) is 0.712. The molecule has 114 valence electrons. The molecule has 0 spiro atoms. The Bertz CT molecular complexity index is 845. The van der Waals surface area contributed by atoms with Crippen LogP contribution in [0.3, 0.4) is 0 Å². The van der Waals surface area contributed by atoms with Crippen molar-refractivity contribution in [3.05, 3.63) is 66.0 Å². The van der Waals surface area contributed by atoms with Gasteiger partial charge < -0.3 is 4.90 Å². The molecule has 0 atom stereocenters. The molecule has 1 aliphatic rings. The topological polar surface area (TPSA) is 76.8 Å². The van der Waals surface area contributed by atoms with Gasteiger partial charge in [0.05, 0.1) is 17.6 Å². The number of carbonyl (C=O) groups excluding carboxylic acids is 1. The Hall–Kier alpha value is -3.09. The molecule has 0 saturated heterocycles. The summed E-state index contributed by atoms with van der Waals surface area (Å²) in [6, 6.07) is 9.52. The van der Waals surface area contributed by atoms with Gasteiger partial charge in [0, 0.05) is 31.3 Å². The van der Waals surface area contributed by atoms with Crippen molar-refractivity contribution in [2.45, 2.75) is 13.0 Å². The van der Waals surface area contributed by atoms with Crippen molar-refractivity contribution in [3.63, 3.8) is 0 Å². The number of amides is 1. The summed E-state index contributed by atoms with van der Waals surface area (Å²) in [6.45, 7) is 1.13. The number of para-hydroxylation sites is 1. The molecule has 0 bridgehead atoms. The van der Waals surface area contributed by atoms with Gasteiger partial charge in [0.2, 0.25) is 0 Å². The fraction of sp³-hybridized carbons (Fsp3) is 0.188. The first-order valence-corrected chi connectivity index (χ1v) is 7.36. The van der Waals surface area contributed by atoms with Gasteiger partial charge in [0.1, 0.15) is 6.33 Å². The Labute approximate surface area is 132 Å². The van der Waals surface area contributed by atoms with Crippen LogP contribution in [0.5, 0.6) is 0 Å². The third kappa shape index (κ3) is 2.57. The van der Waals surface area contributed by atoms with Gasteiger partial charge in [-0.05, 0) is 12.1 Å². The molecule has 0 saturated carbocycles. The fourth-order valence-corrected chi connectivity index (χ4v) is 2.65. The Morgan fingerprint density at radius 2 is 2.00 bits per heavy atom. The Morgan fingerprint density at radius 1 is 1.13 bits per heavy atom. The van der Waals surface area contributed by atoms with Crippen LogP contribution in [0.1, 0.15) is 21.7 Å². The summed E-state index contributed by atoms with van der Waals surface area (Å²) in [4.78, 5) is 24.1. The largest absolute Gasteiger partial charge is 0.332 e. The molecule has 1 amide bonds. The number of hydrogen-bond acceptors (Lipinski definition) is 5. The van der Waals surface area contributed by atoms with Gasteiger partial charge in [0.15, 0.2) is 5.69 Å². The lowest BCUT2D eigenvalue weighted by Crippen LogP contribution is -2.36. The monoisotopic (exact) mass is 306 g/mol. The maximum Gasteiger partial charge on any atom is 0.276 e. The van der Waals surface area contributed by atoms with Crippen LogP contribution in [0.4, 0.5) is 0 Å². The predicted octanol–water partition coefficient (Wildman–Crippen LogP) is 1.26. The molecule has 7 heteroatoms. The number of fused-ring (bicyclic) bond motifs is 1. The highest BCUT2D eigenvalue weighted by atomic mass is 16.2. The lowest BCUT2D eigenvalue weighted by Gasteiger charge is -2.26. The second-order valence-electron chi connectivity index (χ2n) is 5.33. The summed E-state index contributed by atoms with van der Waals surface area (Å²) >= 11 is 0. The van der Waals surface area contributed by atoms with Gasteiger partial charge >= 0.3 is 0 Å². The third-order valence-corrected chi connectivity index (χ3v) is 3.85. The first-order valence-electron chi connectivity index (χ1n) is 7.36. The first kappa shape index (κ1) is 13.6. The summed E-state index contributed by atoms with van der Waals surface area (Å²) < 4.78 is 0. The number of rotatable bonds is 2. The number of carbonyl (C=O) groups is 1. The number of nitrogens with zero attached hydrogens (tertiary/aromatic N) is 6. The zero-order valence-electron chi connectivity index (χ0n) is 12.3.